The highest BCUT2D eigenvalue weighted by molar-refractivity contribution is 5.99. The van der Waals surface area contributed by atoms with Crippen LogP contribution in [0.25, 0.3) is 0 Å². The van der Waals surface area contributed by atoms with E-state index in [1.165, 1.54) is 12.4 Å². The Hall–Kier alpha value is -4.20. The van der Waals surface area contributed by atoms with Crippen LogP contribution in [0.3, 0.4) is 0 Å². The monoisotopic (exact) mass is 429 g/mol. The van der Waals surface area contributed by atoms with Gasteiger partial charge in [-0.3, -0.25) is 4.79 Å². The normalized spacial score (nSPS) is 12.4. The third-order valence-corrected chi connectivity index (χ3v) is 5.04. The SMILES string of the molecule is C=CC(=O)Nc1cccc(Nc2ncnc3c2CN(C(=O)OCc2ccccc2)CC3)c1. The second kappa shape index (κ2) is 9.74. The van der Waals surface area contributed by atoms with E-state index in [-0.39, 0.29) is 18.6 Å². The summed E-state index contributed by atoms with van der Waals surface area (Å²) in [7, 11) is 0. The predicted molar refractivity (Wildman–Crippen MR) is 121 cm³/mol. The van der Waals surface area contributed by atoms with Crippen molar-refractivity contribution < 1.29 is 14.3 Å². The lowest BCUT2D eigenvalue weighted by Crippen LogP contribution is -2.37. The average molecular weight is 429 g/mol. The van der Waals surface area contributed by atoms with E-state index in [2.05, 4.69) is 27.2 Å². The summed E-state index contributed by atoms with van der Waals surface area (Å²) in [6.45, 7) is 4.56. The molecule has 0 bridgehead atoms. The zero-order valence-electron chi connectivity index (χ0n) is 17.5. The van der Waals surface area contributed by atoms with Gasteiger partial charge in [-0.05, 0) is 29.8 Å². The first-order valence-electron chi connectivity index (χ1n) is 10.2. The maximum absolute atomic E-state index is 12.6. The van der Waals surface area contributed by atoms with Crippen LogP contribution in [0.2, 0.25) is 0 Å². The number of hydrogen-bond acceptors (Lipinski definition) is 6. The first-order chi connectivity index (χ1) is 15.6. The Morgan fingerprint density at radius 3 is 2.72 bits per heavy atom. The van der Waals surface area contributed by atoms with E-state index < -0.39 is 0 Å². The number of nitrogens with zero attached hydrogens (tertiary/aromatic N) is 3. The summed E-state index contributed by atoms with van der Waals surface area (Å²) in [4.78, 5) is 34.6. The summed E-state index contributed by atoms with van der Waals surface area (Å²) < 4.78 is 5.48. The third-order valence-electron chi connectivity index (χ3n) is 5.04. The van der Waals surface area contributed by atoms with Gasteiger partial charge in [-0.25, -0.2) is 14.8 Å². The molecule has 0 radical (unpaired) electrons. The molecule has 1 aliphatic rings. The first-order valence-corrected chi connectivity index (χ1v) is 10.2. The minimum absolute atomic E-state index is 0.225. The van der Waals surface area contributed by atoms with E-state index in [0.29, 0.717) is 31.0 Å². The zero-order chi connectivity index (χ0) is 22.3. The molecule has 0 spiro atoms. The molecule has 0 atom stereocenters. The van der Waals surface area contributed by atoms with Gasteiger partial charge in [0.2, 0.25) is 5.91 Å². The van der Waals surface area contributed by atoms with Crippen LogP contribution in [0.15, 0.2) is 73.6 Å². The van der Waals surface area contributed by atoms with Gasteiger partial charge in [-0.15, -0.1) is 0 Å². The lowest BCUT2D eigenvalue weighted by Gasteiger charge is -2.28. The minimum atomic E-state index is -0.372. The van der Waals surface area contributed by atoms with Gasteiger partial charge in [0.25, 0.3) is 0 Å². The van der Waals surface area contributed by atoms with Gasteiger partial charge in [0, 0.05) is 29.9 Å². The molecule has 2 heterocycles. The number of aromatic nitrogens is 2. The molecular weight excluding hydrogens is 406 g/mol. The summed E-state index contributed by atoms with van der Waals surface area (Å²) in [5.41, 5.74) is 4.06. The number of carbonyl (C=O) groups excluding carboxylic acids is 2. The van der Waals surface area contributed by atoms with Gasteiger partial charge in [0.1, 0.15) is 18.8 Å². The predicted octanol–water partition coefficient (Wildman–Crippen LogP) is 4.04. The Balaban J connectivity index is 1.46. The van der Waals surface area contributed by atoms with Crippen LogP contribution in [0.4, 0.5) is 22.0 Å². The summed E-state index contributed by atoms with van der Waals surface area (Å²) in [6.07, 6.45) is 2.96. The zero-order valence-corrected chi connectivity index (χ0v) is 17.5. The Kier molecular flexibility index (Phi) is 6.41. The van der Waals surface area contributed by atoms with Crippen LogP contribution in [-0.4, -0.2) is 33.4 Å². The van der Waals surface area contributed by atoms with Crippen molar-refractivity contribution >= 4 is 29.2 Å². The van der Waals surface area contributed by atoms with Gasteiger partial charge >= 0.3 is 6.09 Å². The molecule has 0 saturated heterocycles. The third kappa shape index (κ3) is 5.10. The molecule has 1 aliphatic heterocycles. The van der Waals surface area contributed by atoms with E-state index in [1.54, 1.807) is 17.0 Å². The Morgan fingerprint density at radius 2 is 1.91 bits per heavy atom. The first kappa shape index (κ1) is 21.0. The molecule has 0 aliphatic carbocycles. The van der Waals surface area contributed by atoms with E-state index >= 15 is 0 Å². The van der Waals surface area contributed by atoms with E-state index in [9.17, 15) is 9.59 Å². The molecule has 32 heavy (non-hydrogen) atoms. The Morgan fingerprint density at radius 1 is 1.09 bits per heavy atom. The number of hydrogen-bond donors (Lipinski definition) is 2. The molecule has 2 aromatic carbocycles. The van der Waals surface area contributed by atoms with Crippen LogP contribution < -0.4 is 10.6 Å². The molecule has 2 amide bonds. The summed E-state index contributed by atoms with van der Waals surface area (Å²) in [5.74, 6) is 0.328. The molecule has 162 valence electrons. The number of fused-ring (bicyclic) bond motifs is 1. The number of amides is 2. The highest BCUT2D eigenvalue weighted by atomic mass is 16.6. The maximum atomic E-state index is 12.6. The van der Waals surface area contributed by atoms with Gasteiger partial charge in [0.15, 0.2) is 0 Å². The van der Waals surface area contributed by atoms with Gasteiger partial charge in [-0.2, -0.15) is 0 Å². The molecule has 2 N–H and O–H groups in total. The lowest BCUT2D eigenvalue weighted by atomic mass is 10.1. The fourth-order valence-corrected chi connectivity index (χ4v) is 3.42. The summed E-state index contributed by atoms with van der Waals surface area (Å²) in [5, 5.41) is 6.00. The van der Waals surface area contributed by atoms with Crippen LogP contribution in [-0.2, 0) is 29.1 Å². The highest BCUT2D eigenvalue weighted by Gasteiger charge is 2.25. The van der Waals surface area contributed by atoms with Gasteiger partial charge in [-0.1, -0.05) is 43.0 Å². The van der Waals surface area contributed by atoms with Crippen LogP contribution in [0, 0.1) is 0 Å². The average Bonchev–Trinajstić information content (AvgIpc) is 2.83. The maximum Gasteiger partial charge on any atom is 0.410 e. The number of benzene rings is 2. The van der Waals surface area contributed by atoms with E-state index in [0.717, 1.165) is 22.5 Å². The minimum Gasteiger partial charge on any atom is -0.445 e. The number of anilines is 3. The Labute approximate surface area is 186 Å². The van der Waals surface area contributed by atoms with Crippen molar-refractivity contribution in [3.63, 3.8) is 0 Å². The van der Waals surface area contributed by atoms with Crippen LogP contribution >= 0.6 is 0 Å². The van der Waals surface area contributed by atoms with Crippen molar-refractivity contribution in [1.82, 2.24) is 14.9 Å². The summed E-state index contributed by atoms with van der Waals surface area (Å²) >= 11 is 0. The molecular formula is C24H23N5O3. The van der Waals surface area contributed by atoms with Crippen LogP contribution in [0.5, 0.6) is 0 Å². The number of rotatable bonds is 6. The second-order valence-electron chi connectivity index (χ2n) is 7.26. The van der Waals surface area contributed by atoms with Crippen molar-refractivity contribution in [1.29, 1.82) is 0 Å². The largest absolute Gasteiger partial charge is 0.445 e. The molecule has 4 rings (SSSR count). The van der Waals surface area contributed by atoms with Crippen LogP contribution in [0.1, 0.15) is 16.8 Å². The second-order valence-corrected chi connectivity index (χ2v) is 7.26. The topological polar surface area (TPSA) is 96.5 Å². The Bertz CT molecular complexity index is 1130. The highest BCUT2D eigenvalue weighted by Crippen LogP contribution is 2.27. The lowest BCUT2D eigenvalue weighted by molar-refractivity contribution is -0.111. The molecule has 0 fully saturated rings. The molecule has 8 nitrogen and oxygen atoms in total. The van der Waals surface area contributed by atoms with Gasteiger partial charge in [0.05, 0.1) is 12.2 Å². The quantitative estimate of drug-likeness (QED) is 0.574. The number of carbonyl (C=O) groups is 2. The summed E-state index contributed by atoms with van der Waals surface area (Å²) in [6, 6.07) is 16.8. The number of ether oxygens (including phenoxy) is 1. The van der Waals surface area contributed by atoms with Crippen molar-refractivity contribution in [2.24, 2.45) is 0 Å². The van der Waals surface area contributed by atoms with E-state index in [4.69, 9.17) is 4.74 Å². The van der Waals surface area contributed by atoms with Crippen molar-refractivity contribution in [2.75, 3.05) is 17.2 Å². The molecule has 0 unspecified atom stereocenters. The van der Waals surface area contributed by atoms with Gasteiger partial charge < -0.3 is 20.3 Å². The fraction of sp³-hybridized carbons (Fsp3) is 0.167. The van der Waals surface area contributed by atoms with Crippen molar-refractivity contribution in [2.45, 2.75) is 19.6 Å². The number of nitrogens with one attached hydrogen (secondary N) is 2. The van der Waals surface area contributed by atoms with Crippen molar-refractivity contribution in [3.05, 3.63) is 90.4 Å². The molecule has 8 heteroatoms. The molecule has 1 aromatic heterocycles. The fourth-order valence-electron chi connectivity index (χ4n) is 3.42. The molecule has 3 aromatic rings. The molecule has 0 saturated carbocycles. The standard InChI is InChI=1S/C24H23N5O3/c1-2-22(30)27-18-9-6-10-19(13-18)28-23-20-14-29(12-11-21(20)25-16-26-23)24(31)32-15-17-7-4-3-5-8-17/h2-10,13,16H,1,11-12,14-15H2,(H,27,30)(H,25,26,28). The smallest absolute Gasteiger partial charge is 0.410 e. The van der Waals surface area contributed by atoms with Crippen molar-refractivity contribution in [3.8, 4) is 0 Å². The van der Waals surface area contributed by atoms with E-state index in [1.807, 2.05) is 42.5 Å².